The van der Waals surface area contributed by atoms with Crippen molar-refractivity contribution in [3.05, 3.63) is 29.6 Å². The van der Waals surface area contributed by atoms with Crippen LogP contribution >= 0.6 is 0 Å². The fraction of sp³-hybridized carbons (Fsp3) is 0.455. The molecule has 1 aromatic carbocycles. The van der Waals surface area contributed by atoms with Crippen LogP contribution < -0.4 is 10.2 Å². The molecule has 1 aromatic rings. The van der Waals surface area contributed by atoms with E-state index in [1.54, 1.807) is 6.92 Å². The molecule has 1 heterocycles. The van der Waals surface area contributed by atoms with Gasteiger partial charge in [-0.15, -0.1) is 0 Å². The first-order valence-electron chi connectivity index (χ1n) is 4.92. The molecule has 0 aromatic heterocycles. The molecular weight excluding hydrogens is 179 g/mol. The van der Waals surface area contributed by atoms with E-state index in [9.17, 15) is 4.39 Å². The van der Waals surface area contributed by atoms with Crippen LogP contribution in [-0.4, -0.2) is 26.2 Å². The summed E-state index contributed by atoms with van der Waals surface area (Å²) in [6.07, 6.45) is 0. The van der Waals surface area contributed by atoms with Crippen LogP contribution in [0, 0.1) is 12.7 Å². The second-order valence-corrected chi connectivity index (χ2v) is 3.59. The lowest BCUT2D eigenvalue weighted by molar-refractivity contribution is 0.577. The molecule has 0 N–H and O–H groups in total. The summed E-state index contributed by atoms with van der Waals surface area (Å²) in [5.74, 6) is -0.129. The maximum absolute atomic E-state index is 13.0. The molecule has 75 valence electrons. The third-order valence-corrected chi connectivity index (χ3v) is 2.56. The summed E-state index contributed by atoms with van der Waals surface area (Å²) in [4.78, 5) is 2.25. The minimum atomic E-state index is -0.129. The van der Waals surface area contributed by atoms with Crippen molar-refractivity contribution in [1.29, 1.82) is 0 Å². The average molecular weight is 193 g/mol. The normalized spacial score (nSPS) is 17.1. The molecule has 3 heteroatoms. The number of anilines is 1. The molecule has 0 bridgehead atoms. The van der Waals surface area contributed by atoms with Crippen molar-refractivity contribution in [2.45, 2.75) is 6.92 Å². The highest BCUT2D eigenvalue weighted by molar-refractivity contribution is 5.49. The maximum Gasteiger partial charge on any atom is 0.126 e. The average Bonchev–Trinajstić information content (AvgIpc) is 2.23. The molecule has 2 nitrogen and oxygen atoms in total. The summed E-state index contributed by atoms with van der Waals surface area (Å²) >= 11 is 0. The van der Waals surface area contributed by atoms with Crippen molar-refractivity contribution in [3.63, 3.8) is 0 Å². The first-order chi connectivity index (χ1) is 6.77. The Hall–Kier alpha value is -1.09. The van der Waals surface area contributed by atoms with Crippen molar-refractivity contribution in [1.82, 2.24) is 5.32 Å². The van der Waals surface area contributed by atoms with Crippen LogP contribution in [-0.2, 0) is 0 Å². The predicted molar refractivity (Wildman–Crippen MR) is 55.2 cm³/mol. The molecule has 14 heavy (non-hydrogen) atoms. The Morgan fingerprint density at radius 1 is 1.29 bits per heavy atom. The highest BCUT2D eigenvalue weighted by Crippen LogP contribution is 2.18. The van der Waals surface area contributed by atoms with Crippen LogP contribution in [0.3, 0.4) is 0 Å². The van der Waals surface area contributed by atoms with Crippen LogP contribution in [0.4, 0.5) is 10.1 Å². The quantitative estimate of drug-likeness (QED) is 0.661. The molecule has 0 unspecified atom stereocenters. The fourth-order valence-corrected chi connectivity index (χ4v) is 1.69. The first kappa shape index (κ1) is 9.46. The summed E-state index contributed by atoms with van der Waals surface area (Å²) in [6.45, 7) is 5.47. The van der Waals surface area contributed by atoms with Crippen molar-refractivity contribution in [3.8, 4) is 0 Å². The van der Waals surface area contributed by atoms with Gasteiger partial charge < -0.3 is 4.90 Å². The second kappa shape index (κ2) is 3.96. The number of rotatable bonds is 1. The number of hydrogen-bond acceptors (Lipinski definition) is 1. The Kier molecular flexibility index (Phi) is 2.68. The lowest BCUT2D eigenvalue weighted by Gasteiger charge is -2.28. The van der Waals surface area contributed by atoms with Crippen LogP contribution in [0.25, 0.3) is 0 Å². The lowest BCUT2D eigenvalue weighted by atomic mass is 10.2. The predicted octanol–water partition coefficient (Wildman–Crippen LogP) is 1.56. The molecule has 1 fully saturated rings. The first-order valence-corrected chi connectivity index (χ1v) is 4.92. The second-order valence-electron chi connectivity index (χ2n) is 3.59. The van der Waals surface area contributed by atoms with Gasteiger partial charge in [0.2, 0.25) is 0 Å². The maximum atomic E-state index is 13.0. The van der Waals surface area contributed by atoms with E-state index in [4.69, 9.17) is 0 Å². The Morgan fingerprint density at radius 3 is 2.64 bits per heavy atom. The van der Waals surface area contributed by atoms with Gasteiger partial charge in [-0.2, -0.15) is 0 Å². The van der Waals surface area contributed by atoms with Crippen LogP contribution in [0.15, 0.2) is 18.2 Å². The van der Waals surface area contributed by atoms with Gasteiger partial charge in [0.15, 0.2) is 0 Å². The molecule has 1 saturated heterocycles. The SMILES string of the molecule is Cc1cc(N2CC[N]CC2)ccc1F. The highest BCUT2D eigenvalue weighted by atomic mass is 19.1. The number of hydrogen-bond donors (Lipinski definition) is 0. The fourth-order valence-electron chi connectivity index (χ4n) is 1.69. The van der Waals surface area contributed by atoms with Gasteiger partial charge in [-0.25, -0.2) is 9.71 Å². The smallest absolute Gasteiger partial charge is 0.126 e. The molecule has 0 saturated carbocycles. The van der Waals surface area contributed by atoms with E-state index < -0.39 is 0 Å². The minimum absolute atomic E-state index is 0.129. The zero-order valence-electron chi connectivity index (χ0n) is 8.33. The Morgan fingerprint density at radius 2 is 2.00 bits per heavy atom. The summed E-state index contributed by atoms with van der Waals surface area (Å²) in [6, 6.07) is 5.28. The molecule has 0 atom stereocenters. The molecule has 2 rings (SSSR count). The van der Waals surface area contributed by atoms with Gasteiger partial charge in [0.1, 0.15) is 5.82 Å². The van der Waals surface area contributed by atoms with E-state index >= 15 is 0 Å². The molecular formula is C11H14FN2. The molecule has 0 amide bonds. The van der Waals surface area contributed by atoms with Gasteiger partial charge in [0.25, 0.3) is 0 Å². The van der Waals surface area contributed by atoms with Gasteiger partial charge in [-0.3, -0.25) is 0 Å². The van der Waals surface area contributed by atoms with Crippen molar-refractivity contribution < 1.29 is 4.39 Å². The topological polar surface area (TPSA) is 17.3 Å². The van der Waals surface area contributed by atoms with Crippen molar-refractivity contribution >= 4 is 5.69 Å². The van der Waals surface area contributed by atoms with Gasteiger partial charge in [0.05, 0.1) is 0 Å². The number of piperazine rings is 1. The van der Waals surface area contributed by atoms with Crippen LogP contribution in [0.5, 0.6) is 0 Å². The van der Waals surface area contributed by atoms with Crippen molar-refractivity contribution in [2.75, 3.05) is 31.1 Å². The van der Waals surface area contributed by atoms with Crippen LogP contribution in [0.1, 0.15) is 5.56 Å². The van der Waals surface area contributed by atoms with Gasteiger partial charge in [-0.05, 0) is 30.7 Å². The lowest BCUT2D eigenvalue weighted by Crippen LogP contribution is -2.40. The molecule has 1 aliphatic rings. The number of benzene rings is 1. The standard InChI is InChI=1S/C11H14FN2/c1-9-8-10(2-3-11(9)12)14-6-4-13-5-7-14/h2-3,8H,4-7H2,1H3. The Balaban J connectivity index is 2.18. The minimum Gasteiger partial charge on any atom is -0.369 e. The van der Waals surface area contributed by atoms with E-state index in [0.717, 1.165) is 31.9 Å². The zero-order chi connectivity index (χ0) is 9.97. The van der Waals surface area contributed by atoms with Gasteiger partial charge >= 0.3 is 0 Å². The number of nitrogens with zero attached hydrogens (tertiary/aromatic N) is 2. The number of halogens is 1. The van der Waals surface area contributed by atoms with E-state index in [1.165, 1.54) is 6.07 Å². The van der Waals surface area contributed by atoms with E-state index in [1.807, 2.05) is 12.1 Å². The largest absolute Gasteiger partial charge is 0.369 e. The third-order valence-electron chi connectivity index (χ3n) is 2.56. The molecule has 1 aliphatic heterocycles. The molecule has 0 spiro atoms. The highest BCUT2D eigenvalue weighted by Gasteiger charge is 2.11. The van der Waals surface area contributed by atoms with E-state index in [2.05, 4.69) is 10.2 Å². The van der Waals surface area contributed by atoms with E-state index in [-0.39, 0.29) is 5.82 Å². The molecule has 1 radical (unpaired) electrons. The summed E-state index contributed by atoms with van der Waals surface area (Å²) in [7, 11) is 0. The Bertz CT molecular complexity index is 319. The third kappa shape index (κ3) is 1.87. The summed E-state index contributed by atoms with van der Waals surface area (Å²) in [5.41, 5.74) is 1.82. The summed E-state index contributed by atoms with van der Waals surface area (Å²) < 4.78 is 13.0. The van der Waals surface area contributed by atoms with Crippen molar-refractivity contribution in [2.24, 2.45) is 0 Å². The van der Waals surface area contributed by atoms with Gasteiger partial charge in [-0.1, -0.05) is 0 Å². The monoisotopic (exact) mass is 193 g/mol. The van der Waals surface area contributed by atoms with Gasteiger partial charge in [0, 0.05) is 31.9 Å². The zero-order valence-corrected chi connectivity index (χ0v) is 8.33. The van der Waals surface area contributed by atoms with E-state index in [0.29, 0.717) is 5.56 Å². The number of aryl methyl sites for hydroxylation is 1. The summed E-state index contributed by atoms with van der Waals surface area (Å²) in [5, 5.41) is 4.28. The Labute approximate surface area is 83.7 Å². The molecule has 0 aliphatic carbocycles. The van der Waals surface area contributed by atoms with Crippen LogP contribution in [0.2, 0.25) is 0 Å².